The summed E-state index contributed by atoms with van der Waals surface area (Å²) in [4.78, 5) is 15.0. The third-order valence-electron chi connectivity index (χ3n) is 5.76. The number of piperidine rings is 1. The third-order valence-corrected chi connectivity index (χ3v) is 5.76. The molecule has 4 nitrogen and oxygen atoms in total. The Kier molecular flexibility index (Phi) is 7.06. The first-order valence-corrected chi connectivity index (χ1v) is 11.1. The lowest BCUT2D eigenvalue weighted by Gasteiger charge is -2.30. The summed E-state index contributed by atoms with van der Waals surface area (Å²) in [6.45, 7) is 13.4. The van der Waals surface area contributed by atoms with Crippen LogP contribution >= 0.6 is 0 Å². The Morgan fingerprint density at radius 1 is 1.03 bits per heavy atom. The van der Waals surface area contributed by atoms with E-state index < -0.39 is 0 Å². The number of para-hydroxylation sites is 1. The number of hydrogen-bond acceptors (Lipinski definition) is 3. The van der Waals surface area contributed by atoms with Crippen LogP contribution in [0.15, 0.2) is 42.5 Å². The molecule has 30 heavy (non-hydrogen) atoms. The largest absolute Gasteiger partial charge is 0.493 e. The Morgan fingerprint density at radius 2 is 1.73 bits per heavy atom. The van der Waals surface area contributed by atoms with E-state index >= 15 is 0 Å². The summed E-state index contributed by atoms with van der Waals surface area (Å²) in [7, 11) is 0. The van der Waals surface area contributed by atoms with Crippen LogP contribution in [0.2, 0.25) is 0 Å². The number of likely N-dealkylation sites (tertiary alicyclic amines) is 1. The molecule has 3 rings (SSSR count). The van der Waals surface area contributed by atoms with Crippen molar-refractivity contribution in [3.63, 3.8) is 0 Å². The van der Waals surface area contributed by atoms with Crippen molar-refractivity contribution in [2.45, 2.75) is 59.5 Å². The predicted molar refractivity (Wildman–Crippen MR) is 121 cm³/mol. The molecule has 0 aliphatic carbocycles. The quantitative estimate of drug-likeness (QED) is 0.602. The van der Waals surface area contributed by atoms with Crippen molar-refractivity contribution in [2.24, 2.45) is 5.92 Å². The predicted octanol–water partition coefficient (Wildman–Crippen LogP) is 5.83. The Hall–Kier alpha value is -2.49. The van der Waals surface area contributed by atoms with E-state index in [9.17, 15) is 4.79 Å². The van der Waals surface area contributed by atoms with Crippen LogP contribution in [0.1, 0.15) is 68.9 Å². The van der Waals surface area contributed by atoms with Gasteiger partial charge in [0.15, 0.2) is 0 Å². The van der Waals surface area contributed by atoms with Crippen LogP contribution in [0.3, 0.4) is 0 Å². The van der Waals surface area contributed by atoms with Gasteiger partial charge in [0, 0.05) is 24.2 Å². The number of rotatable bonds is 6. The summed E-state index contributed by atoms with van der Waals surface area (Å²) >= 11 is 0. The molecule has 4 heteroatoms. The van der Waals surface area contributed by atoms with Gasteiger partial charge in [-0.25, -0.2) is 0 Å². The second-order valence-corrected chi connectivity index (χ2v) is 9.27. The average molecular weight is 410 g/mol. The van der Waals surface area contributed by atoms with E-state index in [0.717, 1.165) is 48.6 Å². The molecule has 1 amide bonds. The van der Waals surface area contributed by atoms with E-state index in [1.54, 1.807) is 0 Å². The fourth-order valence-corrected chi connectivity index (χ4v) is 3.88. The van der Waals surface area contributed by atoms with Gasteiger partial charge in [0.1, 0.15) is 18.1 Å². The molecule has 1 aliphatic heterocycles. The molecule has 162 valence electrons. The van der Waals surface area contributed by atoms with Crippen LogP contribution < -0.4 is 9.47 Å². The topological polar surface area (TPSA) is 38.8 Å². The van der Waals surface area contributed by atoms with Crippen molar-refractivity contribution >= 4 is 5.91 Å². The van der Waals surface area contributed by atoms with Crippen molar-refractivity contribution < 1.29 is 14.3 Å². The maximum atomic E-state index is 13.0. The minimum Gasteiger partial charge on any atom is -0.493 e. The second-order valence-electron chi connectivity index (χ2n) is 9.27. The highest BCUT2D eigenvalue weighted by molar-refractivity contribution is 5.94. The highest BCUT2D eigenvalue weighted by Crippen LogP contribution is 2.32. The van der Waals surface area contributed by atoms with Crippen LogP contribution in [0, 0.1) is 5.92 Å². The lowest BCUT2D eigenvalue weighted by atomic mass is 9.86. The molecular formula is C26H35NO3. The molecule has 0 bridgehead atoms. The zero-order valence-corrected chi connectivity index (χ0v) is 19.0. The summed E-state index contributed by atoms with van der Waals surface area (Å²) in [6, 6.07) is 13.9. The van der Waals surface area contributed by atoms with E-state index in [1.807, 2.05) is 48.2 Å². The SMILES string of the molecule is CCOc1ccc(C(=O)N2CCC(C)CC2)cc1COc1ccccc1C(C)(C)C. The van der Waals surface area contributed by atoms with E-state index in [-0.39, 0.29) is 11.3 Å². The Labute approximate surface area is 181 Å². The van der Waals surface area contributed by atoms with Gasteiger partial charge in [-0.3, -0.25) is 4.79 Å². The minimum atomic E-state index is -0.0114. The van der Waals surface area contributed by atoms with Crippen molar-refractivity contribution in [1.29, 1.82) is 0 Å². The molecule has 2 aromatic carbocycles. The summed E-state index contributed by atoms with van der Waals surface area (Å²) < 4.78 is 12.0. The zero-order valence-electron chi connectivity index (χ0n) is 19.0. The number of carbonyl (C=O) groups excluding carboxylic acids is 1. The summed E-state index contributed by atoms with van der Waals surface area (Å²) in [6.07, 6.45) is 2.14. The smallest absolute Gasteiger partial charge is 0.253 e. The molecule has 0 N–H and O–H groups in total. The van der Waals surface area contributed by atoms with Crippen molar-refractivity contribution in [3.8, 4) is 11.5 Å². The standard InChI is InChI=1S/C26H35NO3/c1-6-29-23-12-11-20(25(28)27-15-13-19(2)14-16-27)17-21(23)18-30-24-10-8-7-9-22(24)26(3,4)5/h7-12,17,19H,6,13-16,18H2,1-5H3. The number of nitrogens with zero attached hydrogens (tertiary/aromatic N) is 1. The first-order chi connectivity index (χ1) is 14.3. The van der Waals surface area contributed by atoms with E-state index in [2.05, 4.69) is 33.8 Å². The first kappa shape index (κ1) is 22.2. The maximum Gasteiger partial charge on any atom is 0.253 e. The van der Waals surface area contributed by atoms with Crippen molar-refractivity contribution in [2.75, 3.05) is 19.7 Å². The number of carbonyl (C=O) groups is 1. The first-order valence-electron chi connectivity index (χ1n) is 11.1. The molecule has 0 unspecified atom stereocenters. The second kappa shape index (κ2) is 9.55. The molecule has 0 atom stereocenters. The van der Waals surface area contributed by atoms with E-state index in [1.165, 1.54) is 0 Å². The van der Waals surface area contributed by atoms with E-state index in [0.29, 0.717) is 24.7 Å². The highest BCUT2D eigenvalue weighted by atomic mass is 16.5. The van der Waals surface area contributed by atoms with Crippen molar-refractivity contribution in [1.82, 2.24) is 4.90 Å². The molecule has 1 fully saturated rings. The lowest BCUT2D eigenvalue weighted by Crippen LogP contribution is -2.37. The Balaban J connectivity index is 1.81. The Bertz CT molecular complexity index is 861. The number of benzene rings is 2. The monoisotopic (exact) mass is 409 g/mol. The van der Waals surface area contributed by atoms with Crippen LogP contribution in [0.25, 0.3) is 0 Å². The molecule has 1 heterocycles. The molecule has 0 aromatic heterocycles. The fourth-order valence-electron chi connectivity index (χ4n) is 3.88. The normalized spacial score (nSPS) is 15.2. The summed E-state index contributed by atoms with van der Waals surface area (Å²) in [5.41, 5.74) is 2.76. The van der Waals surface area contributed by atoms with Crippen LogP contribution in [-0.2, 0) is 12.0 Å². The highest BCUT2D eigenvalue weighted by Gasteiger charge is 2.23. The summed E-state index contributed by atoms with van der Waals surface area (Å²) in [5.74, 6) is 2.44. The van der Waals surface area contributed by atoms with Gasteiger partial charge in [-0.15, -0.1) is 0 Å². The van der Waals surface area contributed by atoms with Gasteiger partial charge in [-0.1, -0.05) is 45.9 Å². The van der Waals surface area contributed by atoms with Gasteiger partial charge < -0.3 is 14.4 Å². The Morgan fingerprint density at radius 3 is 2.40 bits per heavy atom. The fraction of sp³-hybridized carbons (Fsp3) is 0.500. The maximum absolute atomic E-state index is 13.0. The van der Waals surface area contributed by atoms with Gasteiger partial charge in [0.2, 0.25) is 0 Å². The minimum absolute atomic E-state index is 0.0114. The van der Waals surface area contributed by atoms with Gasteiger partial charge in [0.25, 0.3) is 5.91 Å². The lowest BCUT2D eigenvalue weighted by molar-refractivity contribution is 0.0697. The van der Waals surface area contributed by atoms with Crippen LogP contribution in [-0.4, -0.2) is 30.5 Å². The van der Waals surface area contributed by atoms with E-state index in [4.69, 9.17) is 9.47 Å². The molecule has 2 aromatic rings. The molecule has 1 aliphatic rings. The molecule has 0 radical (unpaired) electrons. The zero-order chi connectivity index (χ0) is 21.7. The molecule has 0 saturated carbocycles. The van der Waals surface area contributed by atoms with Gasteiger partial charge in [0.05, 0.1) is 6.61 Å². The van der Waals surface area contributed by atoms with Gasteiger partial charge in [-0.2, -0.15) is 0 Å². The number of hydrogen-bond donors (Lipinski definition) is 0. The molecular weight excluding hydrogens is 374 g/mol. The molecule has 0 spiro atoms. The third kappa shape index (κ3) is 5.35. The number of amides is 1. The van der Waals surface area contributed by atoms with Crippen LogP contribution in [0.5, 0.6) is 11.5 Å². The molecule has 1 saturated heterocycles. The van der Waals surface area contributed by atoms with Crippen LogP contribution in [0.4, 0.5) is 0 Å². The van der Waals surface area contributed by atoms with Gasteiger partial charge in [-0.05, 0) is 60.9 Å². The number of ether oxygens (including phenoxy) is 2. The van der Waals surface area contributed by atoms with Gasteiger partial charge >= 0.3 is 0 Å². The average Bonchev–Trinajstić information content (AvgIpc) is 2.73. The summed E-state index contributed by atoms with van der Waals surface area (Å²) in [5, 5.41) is 0. The van der Waals surface area contributed by atoms with Crippen molar-refractivity contribution in [3.05, 3.63) is 59.2 Å².